The van der Waals surface area contributed by atoms with Gasteiger partial charge in [0.05, 0.1) is 13.7 Å². The van der Waals surface area contributed by atoms with Gasteiger partial charge in [-0.05, 0) is 24.8 Å². The van der Waals surface area contributed by atoms with Crippen molar-refractivity contribution in [1.82, 2.24) is 0 Å². The molecule has 5 heteroatoms. The molecule has 0 radical (unpaired) electrons. The second kappa shape index (κ2) is 6.84. The lowest BCUT2D eigenvalue weighted by atomic mass is 9.90. The number of aromatic carboxylic acids is 1. The predicted octanol–water partition coefficient (Wildman–Crippen LogP) is 4.01. The average Bonchev–Trinajstić information content (AvgIpc) is 2.46. The molecule has 0 bridgehead atoms. The van der Waals surface area contributed by atoms with Gasteiger partial charge in [0, 0.05) is 11.1 Å². The zero-order valence-corrected chi connectivity index (χ0v) is 12.3. The van der Waals surface area contributed by atoms with E-state index >= 15 is 0 Å². The van der Waals surface area contributed by atoms with E-state index in [1.54, 1.807) is 6.07 Å². The minimum Gasteiger partial charge on any atom is -0.493 e. The first kappa shape index (κ1) is 15.0. The monoisotopic (exact) mass is 298 g/mol. The molecule has 0 unspecified atom stereocenters. The molecule has 0 aliphatic heterocycles. The molecule has 0 aromatic heterocycles. The summed E-state index contributed by atoms with van der Waals surface area (Å²) in [6.45, 7) is 0.526. The lowest BCUT2D eigenvalue weighted by molar-refractivity contribution is 0.0689. The van der Waals surface area contributed by atoms with Crippen molar-refractivity contribution in [1.29, 1.82) is 0 Å². The van der Waals surface area contributed by atoms with Crippen molar-refractivity contribution in [3.05, 3.63) is 22.7 Å². The normalized spacial score (nSPS) is 15.9. The van der Waals surface area contributed by atoms with Gasteiger partial charge in [-0.15, -0.1) is 0 Å². The molecule has 4 nitrogen and oxygen atoms in total. The Morgan fingerprint density at radius 1 is 1.35 bits per heavy atom. The summed E-state index contributed by atoms with van der Waals surface area (Å²) in [4.78, 5) is 11.3. The summed E-state index contributed by atoms with van der Waals surface area (Å²) in [5, 5.41) is 9.58. The van der Waals surface area contributed by atoms with Crippen LogP contribution >= 0.6 is 11.6 Å². The van der Waals surface area contributed by atoms with E-state index in [-0.39, 0.29) is 11.3 Å². The van der Waals surface area contributed by atoms with Crippen molar-refractivity contribution in [3.63, 3.8) is 0 Å². The van der Waals surface area contributed by atoms with Crippen LogP contribution in [0.1, 0.15) is 42.5 Å². The molecular formula is C15H19ClO4. The van der Waals surface area contributed by atoms with Crippen molar-refractivity contribution < 1.29 is 19.4 Å². The first-order chi connectivity index (χ1) is 9.61. The molecule has 1 aliphatic rings. The number of halogens is 1. The molecule has 1 saturated carbocycles. The minimum atomic E-state index is -1.07. The van der Waals surface area contributed by atoms with Crippen molar-refractivity contribution in [2.75, 3.05) is 13.7 Å². The highest BCUT2D eigenvalue weighted by Crippen LogP contribution is 2.36. The second-order valence-corrected chi connectivity index (χ2v) is 5.54. The number of carbonyl (C=O) groups is 1. The Morgan fingerprint density at radius 2 is 2.05 bits per heavy atom. The van der Waals surface area contributed by atoms with E-state index in [1.807, 2.05) is 0 Å². The van der Waals surface area contributed by atoms with Crippen LogP contribution in [0.25, 0.3) is 0 Å². The molecule has 1 aromatic carbocycles. The van der Waals surface area contributed by atoms with E-state index in [2.05, 4.69) is 0 Å². The van der Waals surface area contributed by atoms with Gasteiger partial charge in [0.1, 0.15) is 5.56 Å². The molecule has 0 saturated heterocycles. The standard InChI is InChI=1S/C15H19ClO4/c1-19-13-8-11(16)7-12(15(17)18)14(13)20-9-10-5-3-2-4-6-10/h7-8,10H,2-6,9H2,1H3,(H,17,18). The van der Waals surface area contributed by atoms with Crippen LogP contribution in [0.2, 0.25) is 5.02 Å². The van der Waals surface area contributed by atoms with Gasteiger partial charge < -0.3 is 14.6 Å². The molecule has 0 spiro atoms. The first-order valence-electron chi connectivity index (χ1n) is 6.85. The van der Waals surface area contributed by atoms with E-state index < -0.39 is 5.97 Å². The van der Waals surface area contributed by atoms with E-state index in [0.717, 1.165) is 12.8 Å². The van der Waals surface area contributed by atoms with Crippen LogP contribution in [0.5, 0.6) is 11.5 Å². The summed E-state index contributed by atoms with van der Waals surface area (Å²) in [6.07, 6.45) is 5.99. The van der Waals surface area contributed by atoms with Gasteiger partial charge in [-0.25, -0.2) is 4.79 Å². The van der Waals surface area contributed by atoms with Gasteiger partial charge in [-0.3, -0.25) is 0 Å². The highest BCUT2D eigenvalue weighted by Gasteiger charge is 2.20. The number of hydrogen-bond acceptors (Lipinski definition) is 3. The average molecular weight is 299 g/mol. The van der Waals surface area contributed by atoms with Gasteiger partial charge in [0.25, 0.3) is 0 Å². The molecule has 1 aromatic rings. The van der Waals surface area contributed by atoms with Crippen LogP contribution in [-0.2, 0) is 0 Å². The fraction of sp³-hybridized carbons (Fsp3) is 0.533. The van der Waals surface area contributed by atoms with Gasteiger partial charge in [0.2, 0.25) is 0 Å². The highest BCUT2D eigenvalue weighted by molar-refractivity contribution is 6.31. The summed E-state index contributed by atoms with van der Waals surface area (Å²) >= 11 is 5.89. The Hall–Kier alpha value is -1.42. The van der Waals surface area contributed by atoms with Crippen molar-refractivity contribution in [3.8, 4) is 11.5 Å². The van der Waals surface area contributed by atoms with Crippen LogP contribution < -0.4 is 9.47 Å². The summed E-state index contributed by atoms with van der Waals surface area (Å²) in [7, 11) is 1.48. The quantitative estimate of drug-likeness (QED) is 0.892. The fourth-order valence-corrected chi connectivity index (χ4v) is 2.79. The third-order valence-electron chi connectivity index (χ3n) is 3.66. The zero-order chi connectivity index (χ0) is 14.5. The molecular weight excluding hydrogens is 280 g/mol. The molecule has 2 rings (SSSR count). The minimum absolute atomic E-state index is 0.0464. The third kappa shape index (κ3) is 3.57. The van der Waals surface area contributed by atoms with Crippen LogP contribution in [0, 0.1) is 5.92 Å². The first-order valence-corrected chi connectivity index (χ1v) is 7.23. The highest BCUT2D eigenvalue weighted by atomic mass is 35.5. The second-order valence-electron chi connectivity index (χ2n) is 5.10. The molecule has 1 aliphatic carbocycles. The number of methoxy groups -OCH3 is 1. The number of ether oxygens (including phenoxy) is 2. The van der Waals surface area contributed by atoms with Crippen LogP contribution in [0.3, 0.4) is 0 Å². The lowest BCUT2D eigenvalue weighted by Gasteiger charge is -2.22. The Labute approximate surface area is 123 Å². The van der Waals surface area contributed by atoms with Crippen LogP contribution in [-0.4, -0.2) is 24.8 Å². The number of carboxylic acids is 1. The Morgan fingerprint density at radius 3 is 2.65 bits per heavy atom. The molecule has 0 heterocycles. The van der Waals surface area contributed by atoms with E-state index in [1.165, 1.54) is 32.4 Å². The maximum atomic E-state index is 11.3. The Balaban J connectivity index is 2.17. The number of rotatable bonds is 5. The third-order valence-corrected chi connectivity index (χ3v) is 3.88. The summed E-state index contributed by atoms with van der Waals surface area (Å²) in [6, 6.07) is 2.97. The van der Waals surface area contributed by atoms with E-state index in [4.69, 9.17) is 21.1 Å². The largest absolute Gasteiger partial charge is 0.493 e. The van der Waals surface area contributed by atoms with Gasteiger partial charge in [-0.1, -0.05) is 30.9 Å². The van der Waals surface area contributed by atoms with Crippen LogP contribution in [0.4, 0.5) is 0 Å². The molecule has 0 atom stereocenters. The maximum absolute atomic E-state index is 11.3. The molecule has 1 N–H and O–H groups in total. The zero-order valence-electron chi connectivity index (χ0n) is 11.5. The Kier molecular flexibility index (Phi) is 5.12. The smallest absolute Gasteiger partial charge is 0.339 e. The molecule has 110 valence electrons. The van der Waals surface area contributed by atoms with Gasteiger partial charge in [0.15, 0.2) is 11.5 Å². The molecule has 20 heavy (non-hydrogen) atoms. The Bertz CT molecular complexity index is 481. The topological polar surface area (TPSA) is 55.8 Å². The van der Waals surface area contributed by atoms with Gasteiger partial charge in [-0.2, -0.15) is 0 Å². The number of benzene rings is 1. The SMILES string of the molecule is COc1cc(Cl)cc(C(=O)O)c1OCC1CCCCC1. The number of carboxylic acid groups (broad SMARTS) is 1. The summed E-state index contributed by atoms with van der Waals surface area (Å²) in [5.74, 6) is 0.0657. The van der Waals surface area contributed by atoms with E-state index in [9.17, 15) is 9.90 Å². The molecule has 1 fully saturated rings. The summed E-state index contributed by atoms with van der Waals surface area (Å²) in [5.41, 5.74) is 0.0464. The maximum Gasteiger partial charge on any atom is 0.339 e. The summed E-state index contributed by atoms with van der Waals surface area (Å²) < 4.78 is 10.9. The van der Waals surface area contributed by atoms with E-state index in [0.29, 0.717) is 23.3 Å². The van der Waals surface area contributed by atoms with Crippen LogP contribution in [0.15, 0.2) is 12.1 Å². The van der Waals surface area contributed by atoms with Crippen molar-refractivity contribution in [2.45, 2.75) is 32.1 Å². The van der Waals surface area contributed by atoms with Gasteiger partial charge >= 0.3 is 5.97 Å². The lowest BCUT2D eigenvalue weighted by Crippen LogP contribution is -2.16. The van der Waals surface area contributed by atoms with Crippen molar-refractivity contribution >= 4 is 17.6 Å². The predicted molar refractivity (Wildman–Crippen MR) is 77.0 cm³/mol. The molecule has 0 amide bonds. The fourth-order valence-electron chi connectivity index (χ4n) is 2.58. The number of hydrogen-bond donors (Lipinski definition) is 1. The van der Waals surface area contributed by atoms with Crippen molar-refractivity contribution in [2.24, 2.45) is 5.92 Å².